The molecule has 4 heterocycles. The zero-order valence-corrected chi connectivity index (χ0v) is 20.1. The minimum Gasteiger partial charge on any atom is -0.348 e. The summed E-state index contributed by atoms with van der Waals surface area (Å²) in [5, 5.41) is 2.87. The van der Waals surface area contributed by atoms with Crippen molar-refractivity contribution < 1.29 is 13.2 Å². The maximum absolute atomic E-state index is 13.4. The molecule has 0 unspecified atom stereocenters. The number of carbonyl (C=O) groups is 1. The number of hydrogen-bond donors (Lipinski definition) is 0. The van der Waals surface area contributed by atoms with Gasteiger partial charge >= 0.3 is 0 Å². The molecule has 3 aromatic rings. The Morgan fingerprint density at radius 3 is 2.25 bits per heavy atom. The van der Waals surface area contributed by atoms with E-state index in [1.807, 2.05) is 17.5 Å². The first kappa shape index (κ1) is 21.8. The Kier molecular flexibility index (Phi) is 6.16. The predicted octanol–water partition coefficient (Wildman–Crippen LogP) is 4.88. The highest BCUT2D eigenvalue weighted by molar-refractivity contribution is 7.89. The molecule has 0 N–H and O–H groups in total. The molecule has 2 fully saturated rings. The number of ketones is 1. The summed E-state index contributed by atoms with van der Waals surface area (Å²) in [5.74, 6) is -0.113. The van der Waals surface area contributed by atoms with Crippen LogP contribution in [0.3, 0.4) is 0 Å². The Bertz CT molecular complexity index is 1190. The molecule has 2 aliphatic rings. The fraction of sp³-hybridized carbons (Fsp3) is 0.391. The molecule has 9 heteroatoms. The van der Waals surface area contributed by atoms with E-state index < -0.39 is 10.0 Å². The molecule has 5 rings (SSSR count). The third-order valence-corrected chi connectivity index (χ3v) is 9.93. The van der Waals surface area contributed by atoms with Gasteiger partial charge in [0, 0.05) is 31.7 Å². The monoisotopic (exact) mass is 487 g/mol. The van der Waals surface area contributed by atoms with Crippen molar-refractivity contribution in [3.05, 3.63) is 52.2 Å². The minimum atomic E-state index is -3.51. The molecule has 0 bridgehead atoms. The Morgan fingerprint density at radius 2 is 1.59 bits per heavy atom. The molecule has 1 aromatic carbocycles. The lowest BCUT2D eigenvalue weighted by atomic mass is 10.1. The van der Waals surface area contributed by atoms with Gasteiger partial charge in [0.2, 0.25) is 15.8 Å². The van der Waals surface area contributed by atoms with Crippen LogP contribution in [0.15, 0.2) is 46.7 Å². The maximum Gasteiger partial charge on any atom is 0.243 e. The molecule has 2 saturated heterocycles. The van der Waals surface area contributed by atoms with Crippen molar-refractivity contribution >= 4 is 43.6 Å². The van der Waals surface area contributed by atoms with Crippen LogP contribution in [-0.4, -0.2) is 49.7 Å². The van der Waals surface area contributed by atoms with E-state index in [0.717, 1.165) is 60.9 Å². The van der Waals surface area contributed by atoms with Gasteiger partial charge in [-0.25, -0.2) is 13.4 Å². The summed E-state index contributed by atoms with van der Waals surface area (Å²) in [4.78, 5) is 22.4. The zero-order chi connectivity index (χ0) is 22.1. The highest BCUT2D eigenvalue weighted by Gasteiger charge is 2.28. The second-order valence-electron chi connectivity index (χ2n) is 8.16. The lowest BCUT2D eigenvalue weighted by Gasteiger charge is -2.25. The lowest BCUT2D eigenvalue weighted by Crippen LogP contribution is -2.35. The van der Waals surface area contributed by atoms with Crippen LogP contribution in [0.4, 0.5) is 5.13 Å². The molecule has 32 heavy (non-hydrogen) atoms. The second kappa shape index (κ2) is 9.05. The van der Waals surface area contributed by atoms with Gasteiger partial charge in [-0.3, -0.25) is 4.79 Å². The van der Waals surface area contributed by atoms with E-state index in [2.05, 4.69) is 4.90 Å². The third-order valence-electron chi connectivity index (χ3n) is 6.02. The smallest absolute Gasteiger partial charge is 0.243 e. The molecular formula is C23H25N3O3S3. The fourth-order valence-electron chi connectivity index (χ4n) is 4.25. The number of thiazole rings is 1. The van der Waals surface area contributed by atoms with Crippen molar-refractivity contribution in [2.45, 2.75) is 37.0 Å². The van der Waals surface area contributed by atoms with Crippen molar-refractivity contribution in [1.29, 1.82) is 0 Å². The molecule has 0 amide bonds. The largest absolute Gasteiger partial charge is 0.348 e. The third kappa shape index (κ3) is 4.14. The molecule has 0 aliphatic carbocycles. The topological polar surface area (TPSA) is 70.6 Å². The van der Waals surface area contributed by atoms with Gasteiger partial charge in [-0.15, -0.1) is 11.3 Å². The van der Waals surface area contributed by atoms with Crippen LogP contribution < -0.4 is 4.90 Å². The van der Waals surface area contributed by atoms with Crippen LogP contribution in [-0.2, 0) is 10.0 Å². The summed E-state index contributed by atoms with van der Waals surface area (Å²) in [6, 6.07) is 10.3. The van der Waals surface area contributed by atoms with Gasteiger partial charge in [0.15, 0.2) is 5.13 Å². The highest BCUT2D eigenvalue weighted by atomic mass is 32.2. The maximum atomic E-state index is 13.4. The number of benzene rings is 1. The number of aromatic nitrogens is 1. The number of rotatable bonds is 6. The van der Waals surface area contributed by atoms with E-state index in [-0.39, 0.29) is 10.7 Å². The van der Waals surface area contributed by atoms with Crippen LogP contribution in [0, 0.1) is 0 Å². The van der Waals surface area contributed by atoms with Gasteiger partial charge in [0.05, 0.1) is 9.77 Å². The summed E-state index contributed by atoms with van der Waals surface area (Å²) >= 11 is 3.00. The number of sulfonamides is 1. The van der Waals surface area contributed by atoms with Crippen LogP contribution >= 0.6 is 22.7 Å². The standard InChI is InChI=1S/C23H25N3O3S3/c27-21(17-8-10-18(11-9-17)32(28,29)26-14-2-1-3-15-26)22-20(19-7-6-16-30-19)24-23(31-22)25-12-4-5-13-25/h6-11,16H,1-5,12-15H2. The first-order valence-corrected chi connectivity index (χ1v) is 14.1. The van der Waals surface area contributed by atoms with E-state index in [1.54, 1.807) is 39.9 Å². The normalized spacial score (nSPS) is 17.7. The summed E-state index contributed by atoms with van der Waals surface area (Å²) in [7, 11) is -3.51. The Labute approximate surface area is 196 Å². The Morgan fingerprint density at radius 1 is 0.906 bits per heavy atom. The van der Waals surface area contributed by atoms with Gasteiger partial charge in [-0.1, -0.05) is 23.8 Å². The Balaban J connectivity index is 1.45. The Hall–Kier alpha value is -2.07. The van der Waals surface area contributed by atoms with Crippen molar-refractivity contribution in [3.63, 3.8) is 0 Å². The summed E-state index contributed by atoms with van der Waals surface area (Å²) < 4.78 is 27.4. The summed E-state index contributed by atoms with van der Waals surface area (Å²) in [6.07, 6.45) is 5.15. The number of anilines is 1. The van der Waals surface area contributed by atoms with Crippen molar-refractivity contribution in [1.82, 2.24) is 9.29 Å². The van der Waals surface area contributed by atoms with Crippen molar-refractivity contribution in [3.8, 4) is 10.6 Å². The molecule has 0 saturated carbocycles. The van der Waals surface area contributed by atoms with Gasteiger partial charge in [-0.2, -0.15) is 4.31 Å². The number of thiophene rings is 1. The van der Waals surface area contributed by atoms with E-state index in [0.29, 0.717) is 23.5 Å². The van der Waals surface area contributed by atoms with E-state index in [1.165, 1.54) is 11.3 Å². The highest BCUT2D eigenvalue weighted by Crippen LogP contribution is 2.37. The number of carbonyl (C=O) groups excluding carboxylic acids is 1. The van der Waals surface area contributed by atoms with Crippen LogP contribution in [0.2, 0.25) is 0 Å². The molecule has 0 radical (unpaired) electrons. The summed E-state index contributed by atoms with van der Waals surface area (Å²) in [6.45, 7) is 3.06. The van der Waals surface area contributed by atoms with Crippen LogP contribution in [0.25, 0.3) is 10.6 Å². The first-order chi connectivity index (χ1) is 15.5. The average Bonchev–Trinajstić information content (AvgIpc) is 3.60. The number of nitrogens with zero attached hydrogens (tertiary/aromatic N) is 3. The van der Waals surface area contributed by atoms with E-state index >= 15 is 0 Å². The average molecular weight is 488 g/mol. The van der Waals surface area contributed by atoms with Crippen LogP contribution in [0.5, 0.6) is 0 Å². The molecule has 168 valence electrons. The molecule has 2 aromatic heterocycles. The fourth-order valence-corrected chi connectivity index (χ4v) is 7.65. The molecule has 0 spiro atoms. The van der Waals surface area contributed by atoms with Gasteiger partial charge in [0.25, 0.3) is 0 Å². The van der Waals surface area contributed by atoms with Crippen molar-refractivity contribution in [2.24, 2.45) is 0 Å². The van der Waals surface area contributed by atoms with E-state index in [4.69, 9.17) is 4.98 Å². The molecule has 6 nitrogen and oxygen atoms in total. The molecule has 0 atom stereocenters. The first-order valence-electron chi connectivity index (χ1n) is 11.0. The predicted molar refractivity (Wildman–Crippen MR) is 129 cm³/mol. The number of hydrogen-bond acceptors (Lipinski definition) is 7. The minimum absolute atomic E-state index is 0.113. The zero-order valence-electron chi connectivity index (χ0n) is 17.7. The van der Waals surface area contributed by atoms with Crippen LogP contribution in [0.1, 0.15) is 47.3 Å². The summed E-state index contributed by atoms with van der Waals surface area (Å²) in [5.41, 5.74) is 1.21. The van der Waals surface area contributed by atoms with Gasteiger partial charge in [0.1, 0.15) is 10.6 Å². The lowest BCUT2D eigenvalue weighted by molar-refractivity contribution is 0.104. The second-order valence-corrected chi connectivity index (χ2v) is 12.0. The van der Waals surface area contributed by atoms with Crippen molar-refractivity contribution in [2.75, 3.05) is 31.1 Å². The SMILES string of the molecule is O=C(c1ccc(S(=O)(=O)N2CCCCC2)cc1)c1sc(N2CCCC2)nc1-c1cccs1. The number of piperidine rings is 1. The van der Waals surface area contributed by atoms with Gasteiger partial charge in [-0.05, 0) is 61.4 Å². The quantitative estimate of drug-likeness (QED) is 0.464. The van der Waals surface area contributed by atoms with E-state index in [9.17, 15) is 13.2 Å². The van der Waals surface area contributed by atoms with Gasteiger partial charge < -0.3 is 4.90 Å². The molecule has 2 aliphatic heterocycles. The molecular weight excluding hydrogens is 462 g/mol.